The predicted octanol–water partition coefficient (Wildman–Crippen LogP) is 5.24. The monoisotopic (exact) mass is 530 g/mol. The molecule has 0 atom stereocenters. The van der Waals surface area contributed by atoms with Gasteiger partial charge in [-0.3, -0.25) is 0 Å². The van der Waals surface area contributed by atoms with Gasteiger partial charge in [0, 0.05) is 6.20 Å². The van der Waals surface area contributed by atoms with Gasteiger partial charge in [0.05, 0.1) is 23.1 Å². The summed E-state index contributed by atoms with van der Waals surface area (Å²) in [6, 6.07) is 8.25. The van der Waals surface area contributed by atoms with Gasteiger partial charge in [0.2, 0.25) is 5.28 Å². The number of carbonyl (C=O) groups is 1. The number of aromatic nitrogens is 3. The van der Waals surface area contributed by atoms with E-state index in [4.69, 9.17) is 11.6 Å². The van der Waals surface area contributed by atoms with Crippen LogP contribution in [-0.2, 0) is 20.9 Å². The molecule has 0 aliphatic heterocycles. The normalized spacial score (nSPS) is 12.2. The number of aryl methyl sites for hydroxylation is 1. The summed E-state index contributed by atoms with van der Waals surface area (Å²) in [6.07, 6.45) is -3.47. The highest BCUT2D eigenvalue weighted by atomic mass is 35.5. The van der Waals surface area contributed by atoms with Crippen molar-refractivity contribution < 1.29 is 31.1 Å². The van der Waals surface area contributed by atoms with Crippen molar-refractivity contribution in [3.63, 3.8) is 0 Å². The van der Waals surface area contributed by atoms with Crippen molar-refractivity contribution in [3.05, 3.63) is 63.2 Å². The zero-order chi connectivity index (χ0) is 24.8. The molecule has 0 saturated carbocycles. The second-order valence-electron chi connectivity index (χ2n) is 6.98. The Hall–Kier alpha value is -3.16. The number of hydrogen-bond acceptors (Lipinski definition) is 8. The molecular weight excluding hydrogens is 517 g/mol. The first-order chi connectivity index (χ1) is 15.9. The van der Waals surface area contributed by atoms with E-state index in [1.807, 2.05) is 6.92 Å². The lowest BCUT2D eigenvalue weighted by molar-refractivity contribution is -0.134. The number of benzene rings is 1. The van der Waals surface area contributed by atoms with Gasteiger partial charge < -0.3 is 10.1 Å². The number of anilines is 2. The van der Waals surface area contributed by atoms with E-state index in [1.165, 1.54) is 24.4 Å². The van der Waals surface area contributed by atoms with Crippen LogP contribution in [0.5, 0.6) is 0 Å². The summed E-state index contributed by atoms with van der Waals surface area (Å²) in [5.41, 5.74) is 0.534. The molecule has 4 rings (SSSR count). The molecule has 4 aromatic rings. The van der Waals surface area contributed by atoms with E-state index in [-0.39, 0.29) is 48.9 Å². The number of ether oxygens (including phenoxy) is 1. The van der Waals surface area contributed by atoms with Gasteiger partial charge in [-0.1, -0.05) is 17.7 Å². The van der Waals surface area contributed by atoms with Gasteiger partial charge in [-0.2, -0.15) is 23.1 Å². The first-order valence-electron chi connectivity index (χ1n) is 9.35. The number of halogens is 4. The van der Waals surface area contributed by atoms with Crippen LogP contribution in [0.1, 0.15) is 20.1 Å². The maximum atomic E-state index is 13.2. The minimum absolute atomic E-state index is 0.000440. The second kappa shape index (κ2) is 8.56. The Morgan fingerprint density at radius 1 is 1.18 bits per heavy atom. The Morgan fingerprint density at radius 2 is 1.85 bits per heavy atom. The molecule has 3 aromatic heterocycles. The molecule has 0 spiro atoms. The standard InChI is InChI=1S/C20H14ClF3N4O4S2/c1-10-3-5-11(6-4-10)34(30,31)28-8-7-12-16(26-19(21)27-17(12)28)25-13-9-14(20(22,23)24)33-15(13)18(29)32-2/h3-9H,1-2H3,(H,25,26,27). The van der Waals surface area contributed by atoms with Gasteiger partial charge in [-0.25, -0.2) is 17.2 Å². The fourth-order valence-corrected chi connectivity index (χ4v) is 5.43. The molecule has 0 fully saturated rings. The number of nitrogens with zero attached hydrogens (tertiary/aromatic N) is 3. The van der Waals surface area contributed by atoms with E-state index in [1.54, 1.807) is 12.1 Å². The second-order valence-corrected chi connectivity index (χ2v) is 10.2. The molecule has 34 heavy (non-hydrogen) atoms. The van der Waals surface area contributed by atoms with Crippen molar-refractivity contribution >= 4 is 61.5 Å². The number of esters is 1. The number of hydrogen-bond donors (Lipinski definition) is 1. The Balaban J connectivity index is 1.84. The number of carbonyl (C=O) groups excluding carboxylic acids is 1. The molecule has 0 unspecified atom stereocenters. The number of alkyl halides is 3. The largest absolute Gasteiger partial charge is 0.465 e. The molecule has 0 radical (unpaired) electrons. The van der Waals surface area contributed by atoms with Crippen LogP contribution < -0.4 is 5.32 Å². The SMILES string of the molecule is COC(=O)c1sc(C(F)(F)F)cc1Nc1nc(Cl)nc2c1ccn2S(=O)(=O)c1ccc(C)cc1. The van der Waals surface area contributed by atoms with E-state index in [2.05, 4.69) is 20.0 Å². The van der Waals surface area contributed by atoms with Crippen LogP contribution in [0.3, 0.4) is 0 Å². The van der Waals surface area contributed by atoms with Gasteiger partial charge in [0.15, 0.2) is 5.65 Å². The van der Waals surface area contributed by atoms with E-state index >= 15 is 0 Å². The lowest BCUT2D eigenvalue weighted by atomic mass is 10.2. The van der Waals surface area contributed by atoms with Gasteiger partial charge in [-0.15, -0.1) is 11.3 Å². The molecule has 1 aromatic carbocycles. The lowest BCUT2D eigenvalue weighted by Crippen LogP contribution is -2.13. The Labute approximate surface area is 200 Å². The third-order valence-corrected chi connectivity index (χ3v) is 7.71. The van der Waals surface area contributed by atoms with Crippen LogP contribution in [0.4, 0.5) is 24.7 Å². The number of nitrogens with one attached hydrogen (secondary N) is 1. The fraction of sp³-hybridized carbons (Fsp3) is 0.150. The molecule has 0 aliphatic rings. The summed E-state index contributed by atoms with van der Waals surface area (Å²) < 4.78 is 71.5. The van der Waals surface area contributed by atoms with Crippen LogP contribution in [0.25, 0.3) is 11.0 Å². The molecule has 0 amide bonds. The van der Waals surface area contributed by atoms with Gasteiger partial charge in [-0.05, 0) is 42.8 Å². The van der Waals surface area contributed by atoms with Gasteiger partial charge in [0.1, 0.15) is 15.6 Å². The van der Waals surface area contributed by atoms with Crippen LogP contribution >= 0.6 is 22.9 Å². The molecule has 1 N–H and O–H groups in total. The Morgan fingerprint density at radius 3 is 2.47 bits per heavy atom. The van der Waals surface area contributed by atoms with Crippen molar-refractivity contribution in [1.29, 1.82) is 0 Å². The van der Waals surface area contributed by atoms with E-state index in [9.17, 15) is 26.4 Å². The maximum Gasteiger partial charge on any atom is 0.425 e. The summed E-state index contributed by atoms with van der Waals surface area (Å²) in [5, 5.41) is 2.43. The zero-order valence-corrected chi connectivity index (χ0v) is 19.7. The Bertz CT molecular complexity index is 1510. The predicted molar refractivity (Wildman–Crippen MR) is 120 cm³/mol. The minimum atomic E-state index is -4.70. The van der Waals surface area contributed by atoms with Crippen LogP contribution in [0, 0.1) is 6.92 Å². The molecule has 0 saturated heterocycles. The van der Waals surface area contributed by atoms with Gasteiger partial charge in [0.25, 0.3) is 10.0 Å². The average molecular weight is 531 g/mol. The molecule has 178 valence electrons. The highest BCUT2D eigenvalue weighted by Crippen LogP contribution is 2.41. The van der Waals surface area contributed by atoms with Crippen molar-refractivity contribution in [2.24, 2.45) is 0 Å². The van der Waals surface area contributed by atoms with Gasteiger partial charge >= 0.3 is 12.1 Å². The molecule has 14 heteroatoms. The third-order valence-electron chi connectivity index (χ3n) is 4.70. The van der Waals surface area contributed by atoms with Crippen molar-refractivity contribution in [3.8, 4) is 0 Å². The highest BCUT2D eigenvalue weighted by molar-refractivity contribution is 7.90. The molecule has 0 bridgehead atoms. The number of rotatable bonds is 5. The topological polar surface area (TPSA) is 103 Å². The maximum absolute atomic E-state index is 13.2. The lowest BCUT2D eigenvalue weighted by Gasteiger charge is -2.10. The number of methoxy groups -OCH3 is 1. The van der Waals surface area contributed by atoms with Crippen LogP contribution in [0.15, 0.2) is 47.5 Å². The summed E-state index contributed by atoms with van der Waals surface area (Å²) in [7, 11) is -3.03. The summed E-state index contributed by atoms with van der Waals surface area (Å²) >= 11 is 6.20. The quantitative estimate of drug-likeness (QED) is 0.278. The van der Waals surface area contributed by atoms with Crippen molar-refractivity contribution in [2.45, 2.75) is 18.0 Å². The van der Waals surface area contributed by atoms with Crippen LogP contribution in [0.2, 0.25) is 5.28 Å². The summed E-state index contributed by atoms with van der Waals surface area (Å²) in [4.78, 5) is 18.6. The molecule has 8 nitrogen and oxygen atoms in total. The number of thiophene rings is 1. The van der Waals surface area contributed by atoms with Crippen molar-refractivity contribution in [1.82, 2.24) is 13.9 Å². The highest BCUT2D eigenvalue weighted by Gasteiger charge is 2.35. The van der Waals surface area contributed by atoms with Crippen molar-refractivity contribution in [2.75, 3.05) is 12.4 Å². The molecule has 0 aliphatic carbocycles. The Kier molecular flexibility index (Phi) is 6.04. The first-order valence-corrected chi connectivity index (χ1v) is 12.0. The summed E-state index contributed by atoms with van der Waals surface area (Å²) in [6.45, 7) is 1.81. The zero-order valence-electron chi connectivity index (χ0n) is 17.3. The van der Waals surface area contributed by atoms with E-state index in [0.29, 0.717) is 0 Å². The first kappa shape index (κ1) is 24.0. The van der Waals surface area contributed by atoms with E-state index in [0.717, 1.165) is 22.7 Å². The third kappa shape index (κ3) is 4.33. The molecular formula is C20H14ClF3N4O4S2. The average Bonchev–Trinajstić information content (AvgIpc) is 3.38. The fourth-order valence-electron chi connectivity index (χ4n) is 3.07. The summed E-state index contributed by atoms with van der Waals surface area (Å²) in [5.74, 6) is -1.08. The number of fused-ring (bicyclic) bond motifs is 1. The minimum Gasteiger partial charge on any atom is -0.465 e. The van der Waals surface area contributed by atoms with E-state index < -0.39 is 27.0 Å². The molecule has 3 heterocycles. The van der Waals surface area contributed by atoms with Crippen LogP contribution in [-0.4, -0.2) is 35.4 Å². The smallest absolute Gasteiger partial charge is 0.425 e.